The summed E-state index contributed by atoms with van der Waals surface area (Å²) in [6, 6.07) is 6.16. The van der Waals surface area contributed by atoms with E-state index < -0.39 is 0 Å². The van der Waals surface area contributed by atoms with Crippen molar-refractivity contribution in [3.05, 3.63) is 28.8 Å². The number of carbonyl (C=O) groups excluding carboxylic acids is 1. The lowest BCUT2D eigenvalue weighted by atomic mass is 10.1. The minimum absolute atomic E-state index is 0.106. The van der Waals surface area contributed by atoms with E-state index in [1.807, 2.05) is 13.1 Å². The largest absolute Gasteiger partial charge is 0.469 e. The zero-order valence-corrected chi connectivity index (χ0v) is 13.4. The van der Waals surface area contributed by atoms with E-state index in [1.54, 1.807) is 11.8 Å². The van der Waals surface area contributed by atoms with Crippen molar-refractivity contribution in [2.45, 2.75) is 30.7 Å². The predicted molar refractivity (Wildman–Crippen MR) is 83.2 cm³/mol. The first-order valence-corrected chi connectivity index (χ1v) is 8.07. The highest BCUT2D eigenvalue weighted by Crippen LogP contribution is 2.52. The van der Waals surface area contributed by atoms with E-state index in [-0.39, 0.29) is 11.4 Å². The van der Waals surface area contributed by atoms with E-state index in [9.17, 15) is 4.79 Å². The van der Waals surface area contributed by atoms with E-state index in [0.29, 0.717) is 6.42 Å². The van der Waals surface area contributed by atoms with Gasteiger partial charge >= 0.3 is 5.97 Å². The minimum Gasteiger partial charge on any atom is -0.469 e. The molecule has 0 heterocycles. The Labute approximate surface area is 129 Å². The molecule has 0 saturated heterocycles. The van der Waals surface area contributed by atoms with Crippen LogP contribution in [0.15, 0.2) is 23.1 Å². The number of nitrogens with one attached hydrogen (secondary N) is 1. The fourth-order valence-corrected chi connectivity index (χ4v) is 3.66. The van der Waals surface area contributed by atoms with Crippen LogP contribution in [0.2, 0.25) is 5.02 Å². The van der Waals surface area contributed by atoms with Gasteiger partial charge in [0.25, 0.3) is 0 Å². The summed E-state index contributed by atoms with van der Waals surface area (Å²) in [6.07, 6.45) is 2.75. The van der Waals surface area contributed by atoms with E-state index in [0.717, 1.165) is 40.6 Å². The van der Waals surface area contributed by atoms with Crippen LogP contribution in [-0.2, 0) is 16.1 Å². The van der Waals surface area contributed by atoms with Gasteiger partial charge in [-0.2, -0.15) is 0 Å². The molecule has 1 N–H and O–H groups in total. The zero-order valence-electron chi connectivity index (χ0n) is 11.9. The van der Waals surface area contributed by atoms with Crippen LogP contribution >= 0.6 is 23.4 Å². The van der Waals surface area contributed by atoms with Crippen LogP contribution in [0.5, 0.6) is 0 Å². The highest BCUT2D eigenvalue weighted by molar-refractivity contribution is 7.99. The molecule has 0 aromatic heterocycles. The summed E-state index contributed by atoms with van der Waals surface area (Å²) in [4.78, 5) is 12.5. The molecule has 3 nitrogen and oxygen atoms in total. The summed E-state index contributed by atoms with van der Waals surface area (Å²) in [5.74, 6) is 0.842. The van der Waals surface area contributed by atoms with Gasteiger partial charge in [0.2, 0.25) is 0 Å². The maximum Gasteiger partial charge on any atom is 0.306 e. The Morgan fingerprint density at radius 3 is 2.80 bits per heavy atom. The van der Waals surface area contributed by atoms with Crippen molar-refractivity contribution >= 4 is 29.3 Å². The fourth-order valence-electron chi connectivity index (χ4n) is 2.12. The van der Waals surface area contributed by atoms with Crippen LogP contribution in [0.4, 0.5) is 0 Å². The number of rotatable bonds is 7. The molecule has 0 aliphatic heterocycles. The molecule has 1 aromatic carbocycles. The van der Waals surface area contributed by atoms with Gasteiger partial charge in [0.1, 0.15) is 0 Å². The number of methoxy groups -OCH3 is 1. The molecule has 1 saturated carbocycles. The number of carbonyl (C=O) groups is 1. The summed E-state index contributed by atoms with van der Waals surface area (Å²) in [6.45, 7) is 0.774. The maximum absolute atomic E-state index is 11.4. The van der Waals surface area contributed by atoms with Crippen molar-refractivity contribution in [3.63, 3.8) is 0 Å². The van der Waals surface area contributed by atoms with Gasteiger partial charge < -0.3 is 10.1 Å². The Kier molecular flexibility index (Phi) is 5.35. The first-order valence-electron chi connectivity index (χ1n) is 6.71. The van der Waals surface area contributed by atoms with Crippen molar-refractivity contribution in [1.29, 1.82) is 0 Å². The highest BCUT2D eigenvalue weighted by atomic mass is 35.5. The number of hydrogen-bond acceptors (Lipinski definition) is 4. The molecule has 110 valence electrons. The molecule has 5 heteroatoms. The summed E-state index contributed by atoms with van der Waals surface area (Å²) >= 11 is 8.02. The van der Waals surface area contributed by atoms with E-state index in [1.165, 1.54) is 7.11 Å². The summed E-state index contributed by atoms with van der Waals surface area (Å²) in [5, 5.41) is 3.89. The summed E-state index contributed by atoms with van der Waals surface area (Å²) in [7, 11) is 3.36. The normalized spacial score (nSPS) is 15.9. The van der Waals surface area contributed by atoms with Gasteiger partial charge in [0, 0.05) is 22.2 Å². The van der Waals surface area contributed by atoms with Gasteiger partial charge in [-0.3, -0.25) is 4.79 Å². The van der Waals surface area contributed by atoms with Gasteiger partial charge in [-0.15, -0.1) is 11.8 Å². The monoisotopic (exact) mass is 313 g/mol. The third-order valence-corrected chi connectivity index (χ3v) is 5.34. The molecule has 20 heavy (non-hydrogen) atoms. The van der Waals surface area contributed by atoms with Crippen LogP contribution in [-0.4, -0.2) is 25.9 Å². The van der Waals surface area contributed by atoms with Gasteiger partial charge in [-0.05, 0) is 43.0 Å². The van der Waals surface area contributed by atoms with E-state index in [2.05, 4.69) is 17.4 Å². The van der Waals surface area contributed by atoms with Crippen LogP contribution in [0, 0.1) is 5.41 Å². The smallest absolute Gasteiger partial charge is 0.306 e. The van der Waals surface area contributed by atoms with Gasteiger partial charge in [-0.1, -0.05) is 17.7 Å². The first kappa shape index (κ1) is 15.7. The van der Waals surface area contributed by atoms with Crippen LogP contribution in [0.25, 0.3) is 0 Å². The quantitative estimate of drug-likeness (QED) is 0.617. The summed E-state index contributed by atoms with van der Waals surface area (Å²) < 4.78 is 4.76. The number of ether oxygens (including phenoxy) is 1. The fraction of sp³-hybridized carbons (Fsp3) is 0.533. The van der Waals surface area contributed by atoms with Gasteiger partial charge in [0.05, 0.1) is 13.5 Å². The Hall–Kier alpha value is -0.710. The van der Waals surface area contributed by atoms with Crippen LogP contribution in [0.3, 0.4) is 0 Å². The van der Waals surface area contributed by atoms with Crippen molar-refractivity contribution < 1.29 is 9.53 Å². The SMILES string of the molecule is CNCc1ccc(SCC2(CC(=O)OC)CC2)cc1Cl. The van der Waals surface area contributed by atoms with Crippen molar-refractivity contribution in [1.82, 2.24) is 5.32 Å². The number of esters is 1. The molecular weight excluding hydrogens is 294 g/mol. The molecule has 0 amide bonds. The van der Waals surface area contributed by atoms with E-state index in [4.69, 9.17) is 16.3 Å². The molecule has 0 radical (unpaired) electrons. The molecule has 1 aliphatic rings. The van der Waals surface area contributed by atoms with Gasteiger partial charge in [-0.25, -0.2) is 0 Å². The van der Waals surface area contributed by atoms with Crippen molar-refractivity contribution in [3.8, 4) is 0 Å². The lowest BCUT2D eigenvalue weighted by molar-refractivity contribution is -0.141. The number of thioether (sulfide) groups is 1. The Morgan fingerprint density at radius 1 is 1.50 bits per heavy atom. The molecule has 1 aliphatic carbocycles. The second-order valence-electron chi connectivity index (χ2n) is 5.33. The molecule has 0 unspecified atom stereocenters. The third-order valence-electron chi connectivity index (χ3n) is 3.64. The second-order valence-corrected chi connectivity index (χ2v) is 6.78. The Bertz CT molecular complexity index is 489. The number of halogens is 1. The molecule has 2 rings (SSSR count). The standard InChI is InChI=1S/C15H20ClNO2S/c1-17-9-11-3-4-12(7-13(11)16)20-10-15(5-6-15)8-14(18)19-2/h3-4,7,17H,5-6,8-10H2,1-2H3. The molecule has 0 atom stereocenters. The molecule has 1 aromatic rings. The Morgan fingerprint density at radius 2 is 2.25 bits per heavy atom. The topological polar surface area (TPSA) is 38.3 Å². The van der Waals surface area contributed by atoms with Crippen molar-refractivity contribution in [2.24, 2.45) is 5.41 Å². The third kappa shape index (κ3) is 4.14. The second kappa shape index (κ2) is 6.83. The van der Waals surface area contributed by atoms with Gasteiger partial charge in [0.15, 0.2) is 0 Å². The number of hydrogen-bond donors (Lipinski definition) is 1. The summed E-state index contributed by atoms with van der Waals surface area (Å²) in [5.41, 5.74) is 1.25. The average Bonchev–Trinajstić information content (AvgIpc) is 3.19. The first-order chi connectivity index (χ1) is 9.58. The maximum atomic E-state index is 11.4. The van der Waals surface area contributed by atoms with E-state index >= 15 is 0 Å². The van der Waals surface area contributed by atoms with Crippen LogP contribution in [0.1, 0.15) is 24.8 Å². The van der Waals surface area contributed by atoms with Crippen molar-refractivity contribution in [2.75, 3.05) is 19.9 Å². The zero-order chi connectivity index (χ0) is 14.6. The molecule has 1 fully saturated rings. The molecule has 0 bridgehead atoms. The van der Waals surface area contributed by atoms with Crippen LogP contribution < -0.4 is 5.32 Å². The minimum atomic E-state index is -0.106. The Balaban J connectivity index is 1.91. The number of benzene rings is 1. The lowest BCUT2D eigenvalue weighted by Crippen LogP contribution is -2.13. The molecule has 0 spiro atoms. The predicted octanol–water partition coefficient (Wildman–Crippen LogP) is 3.49. The lowest BCUT2D eigenvalue weighted by Gasteiger charge is -2.13. The average molecular weight is 314 g/mol. The highest BCUT2D eigenvalue weighted by Gasteiger charge is 2.44. The molecular formula is C15H20ClNO2S.